The zero-order valence-electron chi connectivity index (χ0n) is 11.2. The Morgan fingerprint density at radius 2 is 1.50 bits per heavy atom. The number of phenolic OH excluding ortho intramolecular Hbond substituents is 1. The molecule has 0 aliphatic carbocycles. The van der Waals surface area contributed by atoms with Crippen LogP contribution in [0.5, 0.6) is 5.75 Å². The Morgan fingerprint density at radius 3 is 2.05 bits per heavy atom. The highest BCUT2D eigenvalue weighted by Crippen LogP contribution is 2.29. The fourth-order valence-electron chi connectivity index (χ4n) is 1.90. The number of Topliss-reactive ketones (excluding diaryl/α,β-unsaturated/α-hetero) is 2. The van der Waals surface area contributed by atoms with Crippen molar-refractivity contribution in [2.75, 3.05) is 0 Å². The van der Waals surface area contributed by atoms with Gasteiger partial charge in [0.1, 0.15) is 5.75 Å². The van der Waals surface area contributed by atoms with Crippen molar-refractivity contribution in [3.05, 3.63) is 65.2 Å². The second kappa shape index (κ2) is 6.01. The molecule has 0 aromatic heterocycles. The molecular formula is C16H11F3O3. The summed E-state index contributed by atoms with van der Waals surface area (Å²) in [6.45, 7) is 0. The molecule has 0 fully saturated rings. The van der Waals surface area contributed by atoms with Crippen LogP contribution >= 0.6 is 0 Å². The lowest BCUT2D eigenvalue weighted by Gasteiger charge is -2.07. The van der Waals surface area contributed by atoms with Crippen LogP contribution < -0.4 is 0 Å². The first-order valence-electron chi connectivity index (χ1n) is 6.30. The van der Waals surface area contributed by atoms with Gasteiger partial charge in [0.05, 0.1) is 17.5 Å². The number of alkyl halides is 3. The van der Waals surface area contributed by atoms with Gasteiger partial charge in [-0.25, -0.2) is 0 Å². The van der Waals surface area contributed by atoms with Crippen molar-refractivity contribution in [3.63, 3.8) is 0 Å². The Labute approximate surface area is 124 Å². The van der Waals surface area contributed by atoms with E-state index in [2.05, 4.69) is 0 Å². The van der Waals surface area contributed by atoms with Gasteiger partial charge in [-0.3, -0.25) is 9.59 Å². The minimum atomic E-state index is -4.48. The molecule has 114 valence electrons. The van der Waals surface area contributed by atoms with Crippen LogP contribution in [-0.2, 0) is 6.18 Å². The lowest BCUT2D eigenvalue weighted by Crippen LogP contribution is -2.10. The topological polar surface area (TPSA) is 54.4 Å². The van der Waals surface area contributed by atoms with Gasteiger partial charge in [-0.15, -0.1) is 0 Å². The number of carbonyl (C=O) groups excluding carboxylic acids is 2. The highest BCUT2D eigenvalue weighted by atomic mass is 19.4. The molecule has 0 spiro atoms. The van der Waals surface area contributed by atoms with Gasteiger partial charge in [0, 0.05) is 5.56 Å². The molecule has 2 aromatic carbocycles. The van der Waals surface area contributed by atoms with Crippen molar-refractivity contribution >= 4 is 11.6 Å². The molecule has 0 bridgehead atoms. The van der Waals surface area contributed by atoms with Gasteiger partial charge in [-0.05, 0) is 24.3 Å². The summed E-state index contributed by atoms with van der Waals surface area (Å²) < 4.78 is 37.3. The van der Waals surface area contributed by atoms with E-state index >= 15 is 0 Å². The van der Waals surface area contributed by atoms with Gasteiger partial charge in [0.2, 0.25) is 0 Å². The molecule has 22 heavy (non-hydrogen) atoms. The van der Waals surface area contributed by atoms with E-state index in [0.717, 1.165) is 24.3 Å². The van der Waals surface area contributed by atoms with E-state index in [0.29, 0.717) is 0 Å². The molecule has 0 aliphatic heterocycles. The Kier molecular flexibility index (Phi) is 4.30. The Bertz CT molecular complexity index is 703. The average Bonchev–Trinajstić information content (AvgIpc) is 2.46. The summed E-state index contributed by atoms with van der Waals surface area (Å²) in [5.41, 5.74) is -0.851. The van der Waals surface area contributed by atoms with E-state index in [-0.39, 0.29) is 16.9 Å². The lowest BCUT2D eigenvalue weighted by atomic mass is 10.00. The SMILES string of the molecule is O=C(CC(=O)c1ccccc1O)c1ccc(C(F)(F)F)cc1. The molecule has 0 saturated heterocycles. The van der Waals surface area contributed by atoms with Crippen molar-refractivity contribution in [3.8, 4) is 5.75 Å². The van der Waals surface area contributed by atoms with Gasteiger partial charge in [-0.2, -0.15) is 13.2 Å². The highest BCUT2D eigenvalue weighted by molar-refractivity contribution is 6.14. The van der Waals surface area contributed by atoms with E-state index < -0.39 is 29.7 Å². The third-order valence-electron chi connectivity index (χ3n) is 3.06. The molecule has 3 nitrogen and oxygen atoms in total. The predicted octanol–water partition coefficient (Wildman–Crippen LogP) is 3.87. The van der Waals surface area contributed by atoms with Crippen LogP contribution in [0.1, 0.15) is 32.7 Å². The first-order valence-corrected chi connectivity index (χ1v) is 6.30. The van der Waals surface area contributed by atoms with Crippen molar-refractivity contribution in [1.82, 2.24) is 0 Å². The predicted molar refractivity (Wildman–Crippen MR) is 72.8 cm³/mol. The average molecular weight is 308 g/mol. The van der Waals surface area contributed by atoms with E-state index in [1.165, 1.54) is 24.3 Å². The molecule has 1 N–H and O–H groups in total. The standard InChI is InChI=1S/C16H11F3O3/c17-16(18,19)11-7-5-10(6-8-11)14(21)9-15(22)12-3-1-2-4-13(12)20/h1-8,20H,9H2. The van der Waals surface area contributed by atoms with Crippen molar-refractivity contribution in [1.29, 1.82) is 0 Å². The number of rotatable bonds is 4. The summed E-state index contributed by atoms with van der Waals surface area (Å²) in [5.74, 6) is -1.45. The van der Waals surface area contributed by atoms with Crippen molar-refractivity contribution in [2.45, 2.75) is 12.6 Å². The first-order chi connectivity index (χ1) is 10.3. The third kappa shape index (κ3) is 3.52. The smallest absolute Gasteiger partial charge is 0.416 e. The molecule has 0 amide bonds. The quantitative estimate of drug-likeness (QED) is 0.689. The van der Waals surface area contributed by atoms with Crippen LogP contribution in [0, 0.1) is 0 Å². The number of ketones is 2. The van der Waals surface area contributed by atoms with Crippen LogP contribution in [0.25, 0.3) is 0 Å². The fourth-order valence-corrected chi connectivity index (χ4v) is 1.90. The maximum atomic E-state index is 12.4. The number of benzene rings is 2. The van der Waals surface area contributed by atoms with E-state index in [1.54, 1.807) is 0 Å². The minimum Gasteiger partial charge on any atom is -0.507 e. The lowest BCUT2D eigenvalue weighted by molar-refractivity contribution is -0.137. The Balaban J connectivity index is 2.13. The van der Waals surface area contributed by atoms with Crippen LogP contribution in [-0.4, -0.2) is 16.7 Å². The zero-order valence-corrected chi connectivity index (χ0v) is 11.2. The highest BCUT2D eigenvalue weighted by Gasteiger charge is 2.30. The minimum absolute atomic E-state index is 0.00256. The molecule has 0 aliphatic rings. The van der Waals surface area contributed by atoms with E-state index in [9.17, 15) is 27.9 Å². The maximum Gasteiger partial charge on any atom is 0.416 e. The molecule has 0 saturated carbocycles. The summed E-state index contributed by atoms with van der Waals surface area (Å²) in [6, 6.07) is 9.40. The number of carbonyl (C=O) groups is 2. The molecule has 6 heteroatoms. The van der Waals surface area contributed by atoms with Crippen LogP contribution in [0.15, 0.2) is 48.5 Å². The molecule has 2 aromatic rings. The number of para-hydroxylation sites is 1. The second-order valence-electron chi connectivity index (χ2n) is 4.62. The van der Waals surface area contributed by atoms with Gasteiger partial charge >= 0.3 is 6.18 Å². The largest absolute Gasteiger partial charge is 0.507 e. The molecule has 0 heterocycles. The normalized spacial score (nSPS) is 11.2. The van der Waals surface area contributed by atoms with Gasteiger partial charge in [0.15, 0.2) is 11.6 Å². The number of aromatic hydroxyl groups is 1. The van der Waals surface area contributed by atoms with Crippen molar-refractivity contribution in [2.24, 2.45) is 0 Å². The molecule has 0 unspecified atom stereocenters. The summed E-state index contributed by atoms with van der Waals surface area (Å²) in [7, 11) is 0. The van der Waals surface area contributed by atoms with Gasteiger partial charge < -0.3 is 5.11 Å². The summed E-state index contributed by atoms with van der Waals surface area (Å²) in [6.07, 6.45) is -5.00. The van der Waals surface area contributed by atoms with Crippen LogP contribution in [0.4, 0.5) is 13.2 Å². The van der Waals surface area contributed by atoms with E-state index in [1.807, 2.05) is 0 Å². The second-order valence-corrected chi connectivity index (χ2v) is 4.62. The van der Waals surface area contributed by atoms with E-state index in [4.69, 9.17) is 0 Å². The van der Waals surface area contributed by atoms with Crippen LogP contribution in [0.3, 0.4) is 0 Å². The molecular weight excluding hydrogens is 297 g/mol. The summed E-state index contributed by atoms with van der Waals surface area (Å²) >= 11 is 0. The molecule has 0 radical (unpaired) electrons. The molecule has 2 rings (SSSR count). The zero-order chi connectivity index (χ0) is 16.3. The Morgan fingerprint density at radius 1 is 0.909 bits per heavy atom. The summed E-state index contributed by atoms with van der Waals surface area (Å²) in [5, 5.41) is 9.53. The summed E-state index contributed by atoms with van der Waals surface area (Å²) in [4.78, 5) is 23.8. The third-order valence-corrected chi connectivity index (χ3v) is 3.06. The number of hydrogen-bond donors (Lipinski definition) is 1. The first kappa shape index (κ1) is 15.8. The maximum absolute atomic E-state index is 12.4. The van der Waals surface area contributed by atoms with Crippen molar-refractivity contribution < 1.29 is 27.9 Å². The fraction of sp³-hybridized carbons (Fsp3) is 0.125. The number of halogens is 3. The van der Waals surface area contributed by atoms with Gasteiger partial charge in [0.25, 0.3) is 0 Å². The van der Waals surface area contributed by atoms with Gasteiger partial charge in [-0.1, -0.05) is 24.3 Å². The molecule has 0 atom stereocenters. The monoisotopic (exact) mass is 308 g/mol. The van der Waals surface area contributed by atoms with Crippen LogP contribution in [0.2, 0.25) is 0 Å². The number of phenols is 1. The number of hydrogen-bond acceptors (Lipinski definition) is 3. The Hall–Kier alpha value is -2.63.